The third kappa shape index (κ3) is 4.05. The van der Waals surface area contributed by atoms with E-state index in [-0.39, 0.29) is 13.0 Å². The zero-order chi connectivity index (χ0) is 14.4. The molecule has 0 saturated heterocycles. The number of aliphatic carboxylic acids is 1. The first kappa shape index (κ1) is 15.0. The molecule has 1 saturated carbocycles. The van der Waals surface area contributed by atoms with Crippen molar-refractivity contribution in [3.63, 3.8) is 0 Å². The van der Waals surface area contributed by atoms with E-state index in [4.69, 9.17) is 10.2 Å². The Morgan fingerprint density at radius 2 is 1.95 bits per heavy atom. The quantitative estimate of drug-likeness (QED) is 0.763. The standard InChI is InChI=1S/C16H23NO3/c18-10-4-9-17(15-7-3-8-15)12-14-6-2-1-5-13(14)11-16(19)20/h1-2,5-6,15,18H,3-4,7-12H2,(H,19,20). The number of nitrogens with zero attached hydrogens (tertiary/aromatic N) is 1. The molecule has 0 atom stereocenters. The minimum Gasteiger partial charge on any atom is -0.481 e. The van der Waals surface area contributed by atoms with Crippen molar-refractivity contribution in [3.05, 3.63) is 35.4 Å². The van der Waals surface area contributed by atoms with Crippen LogP contribution >= 0.6 is 0 Å². The molecule has 2 N–H and O–H groups in total. The van der Waals surface area contributed by atoms with Crippen molar-refractivity contribution < 1.29 is 15.0 Å². The molecule has 0 heterocycles. The molecule has 0 aromatic heterocycles. The van der Waals surface area contributed by atoms with Gasteiger partial charge in [-0.3, -0.25) is 9.69 Å². The molecule has 1 fully saturated rings. The van der Waals surface area contributed by atoms with E-state index in [0.717, 1.165) is 30.6 Å². The van der Waals surface area contributed by atoms with Crippen molar-refractivity contribution >= 4 is 5.97 Å². The highest BCUT2D eigenvalue weighted by molar-refractivity contribution is 5.70. The first-order chi connectivity index (χ1) is 9.70. The van der Waals surface area contributed by atoms with Gasteiger partial charge in [-0.15, -0.1) is 0 Å². The van der Waals surface area contributed by atoms with Crippen molar-refractivity contribution in [1.29, 1.82) is 0 Å². The molecular formula is C16H23NO3. The zero-order valence-electron chi connectivity index (χ0n) is 11.8. The second kappa shape index (κ2) is 7.41. The van der Waals surface area contributed by atoms with Gasteiger partial charge in [0, 0.05) is 25.7 Å². The molecule has 1 aliphatic rings. The Hall–Kier alpha value is -1.39. The van der Waals surface area contributed by atoms with Crippen molar-refractivity contribution in [2.75, 3.05) is 13.2 Å². The summed E-state index contributed by atoms with van der Waals surface area (Å²) < 4.78 is 0. The number of hydrogen-bond donors (Lipinski definition) is 2. The van der Waals surface area contributed by atoms with E-state index in [2.05, 4.69) is 4.90 Å². The number of benzene rings is 1. The van der Waals surface area contributed by atoms with Gasteiger partial charge in [-0.05, 0) is 30.4 Å². The Bertz CT molecular complexity index is 443. The normalized spacial score (nSPS) is 15.3. The van der Waals surface area contributed by atoms with Crippen LogP contribution in [0.2, 0.25) is 0 Å². The molecule has 0 bridgehead atoms. The maximum absolute atomic E-state index is 10.9. The highest BCUT2D eigenvalue weighted by atomic mass is 16.4. The predicted octanol–water partition coefficient (Wildman–Crippen LogP) is 2.05. The van der Waals surface area contributed by atoms with Crippen molar-refractivity contribution in [2.45, 2.75) is 44.7 Å². The topological polar surface area (TPSA) is 60.8 Å². The molecule has 20 heavy (non-hydrogen) atoms. The summed E-state index contributed by atoms with van der Waals surface area (Å²) >= 11 is 0. The fraction of sp³-hybridized carbons (Fsp3) is 0.562. The summed E-state index contributed by atoms with van der Waals surface area (Å²) in [6.07, 6.45) is 4.56. The van der Waals surface area contributed by atoms with Gasteiger partial charge in [0.05, 0.1) is 6.42 Å². The smallest absolute Gasteiger partial charge is 0.307 e. The van der Waals surface area contributed by atoms with Gasteiger partial charge in [-0.25, -0.2) is 0 Å². The summed E-state index contributed by atoms with van der Waals surface area (Å²) in [5.74, 6) is -0.789. The number of aliphatic hydroxyl groups is 1. The van der Waals surface area contributed by atoms with Crippen LogP contribution < -0.4 is 0 Å². The SMILES string of the molecule is O=C(O)Cc1ccccc1CN(CCCO)C1CCC1. The van der Waals surface area contributed by atoms with E-state index >= 15 is 0 Å². The molecule has 0 unspecified atom stereocenters. The number of aliphatic hydroxyl groups excluding tert-OH is 1. The highest BCUT2D eigenvalue weighted by Gasteiger charge is 2.25. The lowest BCUT2D eigenvalue weighted by atomic mass is 9.90. The van der Waals surface area contributed by atoms with Gasteiger partial charge in [-0.2, -0.15) is 0 Å². The molecule has 2 rings (SSSR count). The van der Waals surface area contributed by atoms with Gasteiger partial charge < -0.3 is 10.2 Å². The number of carboxylic acid groups (broad SMARTS) is 1. The first-order valence-corrected chi connectivity index (χ1v) is 7.34. The lowest BCUT2D eigenvalue weighted by Gasteiger charge is -2.38. The first-order valence-electron chi connectivity index (χ1n) is 7.34. The van der Waals surface area contributed by atoms with E-state index in [1.54, 1.807) is 0 Å². The molecular weight excluding hydrogens is 254 g/mol. The van der Waals surface area contributed by atoms with Crippen molar-refractivity contribution in [3.8, 4) is 0 Å². The van der Waals surface area contributed by atoms with Gasteiger partial charge in [0.15, 0.2) is 0 Å². The Morgan fingerprint density at radius 1 is 1.25 bits per heavy atom. The van der Waals surface area contributed by atoms with Crippen LogP contribution in [0.4, 0.5) is 0 Å². The summed E-state index contributed by atoms with van der Waals surface area (Å²) in [6.45, 7) is 1.87. The van der Waals surface area contributed by atoms with Crippen molar-refractivity contribution in [2.24, 2.45) is 0 Å². The molecule has 4 heteroatoms. The summed E-state index contributed by atoms with van der Waals surface area (Å²) in [5.41, 5.74) is 1.99. The van der Waals surface area contributed by atoms with Crippen LogP contribution in [0.1, 0.15) is 36.8 Å². The number of carboxylic acids is 1. The summed E-state index contributed by atoms with van der Waals surface area (Å²) in [6, 6.07) is 8.37. The third-order valence-corrected chi connectivity index (χ3v) is 4.03. The molecule has 4 nitrogen and oxygen atoms in total. The van der Waals surface area contributed by atoms with E-state index in [1.165, 1.54) is 19.3 Å². The molecule has 0 spiro atoms. The highest BCUT2D eigenvalue weighted by Crippen LogP contribution is 2.27. The average Bonchev–Trinajstić information content (AvgIpc) is 2.35. The van der Waals surface area contributed by atoms with E-state index in [1.807, 2.05) is 24.3 Å². The summed E-state index contributed by atoms with van der Waals surface area (Å²) in [5, 5.41) is 18.0. The molecule has 1 aromatic rings. The molecule has 110 valence electrons. The lowest BCUT2D eigenvalue weighted by molar-refractivity contribution is -0.136. The number of carbonyl (C=O) groups is 1. The van der Waals surface area contributed by atoms with E-state index in [0.29, 0.717) is 6.04 Å². The second-order valence-electron chi connectivity index (χ2n) is 5.47. The zero-order valence-corrected chi connectivity index (χ0v) is 11.8. The summed E-state index contributed by atoms with van der Waals surface area (Å²) in [4.78, 5) is 13.3. The molecule has 1 aliphatic carbocycles. The van der Waals surface area contributed by atoms with E-state index < -0.39 is 5.97 Å². The van der Waals surface area contributed by atoms with Gasteiger partial charge in [0.1, 0.15) is 0 Å². The van der Waals surface area contributed by atoms with Crippen LogP contribution in [0.25, 0.3) is 0 Å². The largest absolute Gasteiger partial charge is 0.481 e. The fourth-order valence-electron chi connectivity index (χ4n) is 2.68. The van der Waals surface area contributed by atoms with Gasteiger partial charge in [-0.1, -0.05) is 30.7 Å². The second-order valence-corrected chi connectivity index (χ2v) is 5.47. The maximum Gasteiger partial charge on any atom is 0.307 e. The van der Waals surface area contributed by atoms with E-state index in [9.17, 15) is 4.79 Å². The minimum absolute atomic E-state index is 0.0781. The Morgan fingerprint density at radius 3 is 2.50 bits per heavy atom. The Labute approximate surface area is 120 Å². The minimum atomic E-state index is -0.789. The third-order valence-electron chi connectivity index (χ3n) is 4.03. The molecule has 0 radical (unpaired) electrons. The fourth-order valence-corrected chi connectivity index (χ4v) is 2.68. The lowest BCUT2D eigenvalue weighted by Crippen LogP contribution is -2.40. The van der Waals surface area contributed by atoms with Crippen LogP contribution in [-0.4, -0.2) is 40.3 Å². The van der Waals surface area contributed by atoms with Crippen LogP contribution in [-0.2, 0) is 17.8 Å². The van der Waals surface area contributed by atoms with Gasteiger partial charge >= 0.3 is 5.97 Å². The molecule has 1 aromatic carbocycles. The van der Waals surface area contributed by atoms with Crippen LogP contribution in [0, 0.1) is 0 Å². The van der Waals surface area contributed by atoms with Crippen LogP contribution in [0.15, 0.2) is 24.3 Å². The van der Waals surface area contributed by atoms with Crippen LogP contribution in [0.3, 0.4) is 0 Å². The van der Waals surface area contributed by atoms with Crippen molar-refractivity contribution in [1.82, 2.24) is 4.90 Å². The molecule has 0 aliphatic heterocycles. The number of hydrogen-bond acceptors (Lipinski definition) is 3. The number of rotatable bonds is 8. The average molecular weight is 277 g/mol. The summed E-state index contributed by atoms with van der Waals surface area (Å²) in [7, 11) is 0. The predicted molar refractivity (Wildman–Crippen MR) is 77.5 cm³/mol. The van der Waals surface area contributed by atoms with Crippen LogP contribution in [0.5, 0.6) is 0 Å². The Balaban J connectivity index is 2.06. The maximum atomic E-state index is 10.9. The Kier molecular flexibility index (Phi) is 5.56. The van der Waals surface area contributed by atoms with Gasteiger partial charge in [0.25, 0.3) is 0 Å². The monoisotopic (exact) mass is 277 g/mol. The molecule has 0 amide bonds. The van der Waals surface area contributed by atoms with Gasteiger partial charge in [0.2, 0.25) is 0 Å².